The van der Waals surface area contributed by atoms with Gasteiger partial charge in [0.05, 0.1) is 0 Å². The average molecular weight is 272 g/mol. The maximum atomic E-state index is 13.0. The van der Waals surface area contributed by atoms with Gasteiger partial charge in [0.25, 0.3) is 0 Å². The molecule has 1 nitrogen and oxygen atoms in total. The maximum absolute atomic E-state index is 13.0. The van der Waals surface area contributed by atoms with Crippen LogP contribution in [-0.4, -0.2) is 12.4 Å². The lowest BCUT2D eigenvalue weighted by atomic mass is 9.84. The summed E-state index contributed by atoms with van der Waals surface area (Å²) in [6, 6.07) is 4.93. The van der Waals surface area contributed by atoms with Gasteiger partial charge in [-0.25, -0.2) is 4.39 Å². The van der Waals surface area contributed by atoms with Gasteiger partial charge in [-0.15, -0.1) is 11.6 Å². The first kappa shape index (κ1) is 15.5. The second-order valence-electron chi connectivity index (χ2n) is 5.02. The molecule has 0 aliphatic rings. The van der Waals surface area contributed by atoms with Gasteiger partial charge >= 0.3 is 0 Å². The van der Waals surface area contributed by atoms with Crippen LogP contribution in [0.4, 0.5) is 4.39 Å². The zero-order valence-corrected chi connectivity index (χ0v) is 12.3. The molecule has 0 radical (unpaired) electrons. The Bertz CT molecular complexity index is 366. The molecule has 0 fully saturated rings. The second kappa shape index (κ2) is 7.10. The number of nitrogens with one attached hydrogen (secondary N) is 1. The largest absolute Gasteiger partial charge is 0.312 e. The van der Waals surface area contributed by atoms with Crippen molar-refractivity contribution in [3.8, 4) is 0 Å². The molecule has 0 heterocycles. The summed E-state index contributed by atoms with van der Waals surface area (Å²) >= 11 is 6.07. The third kappa shape index (κ3) is 3.96. The smallest absolute Gasteiger partial charge is 0.123 e. The summed E-state index contributed by atoms with van der Waals surface area (Å²) in [5.74, 6) is 0.503. The minimum absolute atomic E-state index is 0.173. The lowest BCUT2D eigenvalue weighted by Crippen LogP contribution is -2.34. The van der Waals surface area contributed by atoms with Crippen LogP contribution in [0, 0.1) is 18.2 Å². The Hall–Kier alpha value is -0.600. The number of hydrogen-bond acceptors (Lipinski definition) is 1. The van der Waals surface area contributed by atoms with Crippen LogP contribution in [-0.2, 0) is 6.54 Å². The van der Waals surface area contributed by atoms with Crippen LogP contribution in [0.25, 0.3) is 0 Å². The number of aryl methyl sites for hydroxylation is 1. The van der Waals surface area contributed by atoms with Crippen LogP contribution in [0.2, 0.25) is 0 Å². The Labute approximate surface area is 115 Å². The Balaban J connectivity index is 2.55. The second-order valence-corrected chi connectivity index (χ2v) is 5.28. The summed E-state index contributed by atoms with van der Waals surface area (Å²) in [7, 11) is 0. The predicted molar refractivity (Wildman–Crippen MR) is 76.6 cm³/mol. The SMILES string of the molecule is CCC(CC)(CCl)CNCc1ccc(F)cc1C. The molecule has 0 aliphatic carbocycles. The van der Waals surface area contributed by atoms with E-state index in [4.69, 9.17) is 11.6 Å². The summed E-state index contributed by atoms with van der Waals surface area (Å²) in [5, 5.41) is 3.45. The van der Waals surface area contributed by atoms with Crippen LogP contribution < -0.4 is 5.32 Å². The molecule has 18 heavy (non-hydrogen) atoms. The minimum atomic E-state index is -0.173. The van der Waals surface area contributed by atoms with Gasteiger partial charge in [0.15, 0.2) is 0 Å². The molecule has 3 heteroatoms. The van der Waals surface area contributed by atoms with E-state index in [0.717, 1.165) is 37.1 Å². The Kier molecular flexibility index (Phi) is 6.10. The third-order valence-corrected chi connectivity index (χ3v) is 4.47. The molecule has 0 aromatic heterocycles. The monoisotopic (exact) mass is 271 g/mol. The van der Waals surface area contributed by atoms with Crippen molar-refractivity contribution in [1.82, 2.24) is 5.32 Å². The van der Waals surface area contributed by atoms with Crippen molar-refractivity contribution in [1.29, 1.82) is 0 Å². The van der Waals surface area contributed by atoms with Gasteiger partial charge in [-0.2, -0.15) is 0 Å². The van der Waals surface area contributed by atoms with Crippen LogP contribution >= 0.6 is 11.6 Å². The number of halogens is 2. The molecule has 0 amide bonds. The molecule has 1 aromatic carbocycles. The highest BCUT2D eigenvalue weighted by molar-refractivity contribution is 6.18. The minimum Gasteiger partial charge on any atom is -0.312 e. The Morgan fingerprint density at radius 1 is 1.28 bits per heavy atom. The van der Waals surface area contributed by atoms with Gasteiger partial charge in [-0.05, 0) is 48.4 Å². The van der Waals surface area contributed by atoms with Crippen molar-refractivity contribution >= 4 is 11.6 Å². The van der Waals surface area contributed by atoms with Crippen LogP contribution in [0.5, 0.6) is 0 Å². The molecular formula is C15H23ClFN. The zero-order chi connectivity index (χ0) is 13.6. The molecule has 0 aliphatic heterocycles. The van der Waals surface area contributed by atoms with Gasteiger partial charge in [-0.1, -0.05) is 19.9 Å². The molecule has 0 saturated carbocycles. The summed E-state index contributed by atoms with van der Waals surface area (Å²) in [4.78, 5) is 0. The molecule has 0 bridgehead atoms. The molecule has 0 atom stereocenters. The molecule has 1 aromatic rings. The molecule has 102 valence electrons. The lowest BCUT2D eigenvalue weighted by molar-refractivity contribution is 0.286. The zero-order valence-electron chi connectivity index (χ0n) is 11.5. The fraction of sp³-hybridized carbons (Fsp3) is 0.600. The van der Waals surface area contributed by atoms with Crippen molar-refractivity contribution in [2.45, 2.75) is 40.2 Å². The molecule has 0 unspecified atom stereocenters. The van der Waals surface area contributed by atoms with Crippen molar-refractivity contribution in [3.63, 3.8) is 0 Å². The van der Waals surface area contributed by atoms with E-state index in [0.29, 0.717) is 5.88 Å². The first-order valence-corrected chi connectivity index (χ1v) is 7.12. The third-order valence-electron chi connectivity index (χ3n) is 3.90. The highest BCUT2D eigenvalue weighted by Gasteiger charge is 2.24. The normalized spacial score (nSPS) is 11.8. The quantitative estimate of drug-likeness (QED) is 0.731. The van der Waals surface area contributed by atoms with E-state index in [1.165, 1.54) is 6.07 Å². The van der Waals surface area contributed by atoms with Crippen LogP contribution in [0.15, 0.2) is 18.2 Å². The van der Waals surface area contributed by atoms with Crippen molar-refractivity contribution in [2.24, 2.45) is 5.41 Å². The van der Waals surface area contributed by atoms with Gasteiger partial charge in [-0.3, -0.25) is 0 Å². The molecule has 0 spiro atoms. The van der Waals surface area contributed by atoms with Crippen molar-refractivity contribution < 1.29 is 4.39 Å². The highest BCUT2D eigenvalue weighted by atomic mass is 35.5. The van der Waals surface area contributed by atoms with E-state index in [1.807, 2.05) is 13.0 Å². The van der Waals surface area contributed by atoms with E-state index < -0.39 is 0 Å². The van der Waals surface area contributed by atoms with Crippen molar-refractivity contribution in [3.05, 3.63) is 35.1 Å². The summed E-state index contributed by atoms with van der Waals surface area (Å²) in [6.07, 6.45) is 2.14. The summed E-state index contributed by atoms with van der Waals surface area (Å²) in [5.41, 5.74) is 2.31. The number of rotatable bonds is 7. The number of benzene rings is 1. The van der Waals surface area contributed by atoms with E-state index in [2.05, 4.69) is 19.2 Å². The standard InChI is InChI=1S/C15H23ClFN/c1-4-15(5-2,10-16)11-18-9-13-6-7-14(17)8-12(13)3/h6-8,18H,4-5,9-11H2,1-3H3. The molecule has 1 rings (SSSR count). The van der Waals surface area contributed by atoms with E-state index in [1.54, 1.807) is 6.07 Å². The van der Waals surface area contributed by atoms with E-state index in [9.17, 15) is 4.39 Å². The fourth-order valence-corrected chi connectivity index (χ4v) is 2.53. The van der Waals surface area contributed by atoms with Crippen molar-refractivity contribution in [2.75, 3.05) is 12.4 Å². The lowest BCUT2D eigenvalue weighted by Gasteiger charge is -2.29. The summed E-state index contributed by atoms with van der Waals surface area (Å²) in [6.45, 7) is 7.97. The van der Waals surface area contributed by atoms with E-state index in [-0.39, 0.29) is 11.2 Å². The molecule has 0 saturated heterocycles. The predicted octanol–water partition coefficient (Wildman–Crippen LogP) is 4.27. The maximum Gasteiger partial charge on any atom is 0.123 e. The fourth-order valence-electron chi connectivity index (χ4n) is 2.06. The number of alkyl halides is 1. The highest BCUT2D eigenvalue weighted by Crippen LogP contribution is 2.27. The Morgan fingerprint density at radius 3 is 2.44 bits per heavy atom. The first-order chi connectivity index (χ1) is 8.56. The first-order valence-electron chi connectivity index (χ1n) is 6.58. The molecular weight excluding hydrogens is 249 g/mol. The molecule has 1 N–H and O–H groups in total. The Morgan fingerprint density at radius 2 is 1.94 bits per heavy atom. The topological polar surface area (TPSA) is 12.0 Å². The van der Waals surface area contributed by atoms with Gasteiger partial charge in [0, 0.05) is 19.0 Å². The van der Waals surface area contributed by atoms with Crippen LogP contribution in [0.3, 0.4) is 0 Å². The van der Waals surface area contributed by atoms with Crippen LogP contribution in [0.1, 0.15) is 37.8 Å². The summed E-state index contributed by atoms with van der Waals surface area (Å²) < 4.78 is 13.0. The van der Waals surface area contributed by atoms with E-state index >= 15 is 0 Å². The van der Waals surface area contributed by atoms with Gasteiger partial charge in [0.1, 0.15) is 5.82 Å². The van der Waals surface area contributed by atoms with Gasteiger partial charge in [0.2, 0.25) is 0 Å². The average Bonchev–Trinajstić information content (AvgIpc) is 2.38. The number of hydrogen-bond donors (Lipinski definition) is 1. The van der Waals surface area contributed by atoms with Gasteiger partial charge < -0.3 is 5.32 Å².